The van der Waals surface area contributed by atoms with E-state index in [1.807, 2.05) is 21.1 Å². The molecule has 1 N–H and O–H groups in total. The first-order chi connectivity index (χ1) is 38.6. The molecule has 0 spiro atoms. The lowest BCUT2D eigenvalue weighted by Gasteiger charge is -2.25. The van der Waals surface area contributed by atoms with Crippen LogP contribution < -0.4 is 0 Å². The van der Waals surface area contributed by atoms with E-state index in [0.29, 0.717) is 23.9 Å². The Morgan fingerprint density at radius 1 is 0.380 bits per heavy atom. The van der Waals surface area contributed by atoms with Gasteiger partial charge in [-0.15, -0.1) is 0 Å². The van der Waals surface area contributed by atoms with E-state index in [4.69, 9.17) is 18.9 Å². The average molecular weight is 1100 g/mol. The van der Waals surface area contributed by atoms with Crippen LogP contribution in [0.4, 0.5) is 0 Å². The molecule has 0 saturated heterocycles. The summed E-state index contributed by atoms with van der Waals surface area (Å²) in [6.45, 7) is 4.58. The molecule has 9 heteroatoms. The van der Waals surface area contributed by atoms with E-state index < -0.39 is 24.3 Å². The van der Waals surface area contributed by atoms with Crippen LogP contribution in [0.25, 0.3) is 0 Å². The number of carbonyl (C=O) groups is 3. The van der Waals surface area contributed by atoms with Crippen molar-refractivity contribution in [2.75, 3.05) is 47.5 Å². The zero-order valence-electron chi connectivity index (χ0n) is 50.5. The van der Waals surface area contributed by atoms with Gasteiger partial charge in [-0.1, -0.05) is 230 Å². The molecule has 0 aliphatic rings. The van der Waals surface area contributed by atoms with E-state index in [1.54, 1.807) is 0 Å². The van der Waals surface area contributed by atoms with Gasteiger partial charge in [-0.05, 0) is 122 Å². The van der Waals surface area contributed by atoms with Crippen LogP contribution in [0.5, 0.6) is 0 Å². The van der Waals surface area contributed by atoms with Gasteiger partial charge < -0.3 is 28.5 Å². The SMILES string of the molecule is CC/C=C\C/C=C\C/C=C\C/C=C\C/C=C\C/C=C\C/C=C\C/C=C\CCCCCCCCCCCCC(=O)OC(COC(=O)CCCCC/C=C\C/C=C\C/C=C\C/C=C\C/C=C\CC)COC(OCC[N+](C)(C)C)C(=O)O. The summed E-state index contributed by atoms with van der Waals surface area (Å²) in [7, 11) is 5.94. The van der Waals surface area contributed by atoms with E-state index >= 15 is 0 Å². The number of carbonyl (C=O) groups excluding carboxylic acids is 2. The minimum atomic E-state index is -1.53. The summed E-state index contributed by atoms with van der Waals surface area (Å²) in [4.78, 5) is 37.5. The molecular weight excluding hydrogens is 983 g/mol. The molecular formula is C70H112NO8+. The maximum absolute atomic E-state index is 12.9. The van der Waals surface area contributed by atoms with Gasteiger partial charge in [0.15, 0.2) is 6.10 Å². The summed E-state index contributed by atoms with van der Waals surface area (Å²) in [5.74, 6) is -2.07. The van der Waals surface area contributed by atoms with Crippen LogP contribution in [0.2, 0.25) is 0 Å². The minimum Gasteiger partial charge on any atom is -0.477 e. The monoisotopic (exact) mass is 1090 g/mol. The number of ether oxygens (including phenoxy) is 4. The van der Waals surface area contributed by atoms with E-state index in [1.165, 1.54) is 38.5 Å². The predicted octanol–water partition coefficient (Wildman–Crippen LogP) is 18.6. The number of quaternary nitrogens is 1. The maximum Gasteiger partial charge on any atom is 0.361 e. The maximum atomic E-state index is 12.9. The zero-order chi connectivity index (χ0) is 57.6. The Hall–Kier alpha value is -5.09. The topological polar surface area (TPSA) is 108 Å². The molecule has 0 aromatic carbocycles. The average Bonchev–Trinajstić information content (AvgIpc) is 3.42. The lowest BCUT2D eigenvalue weighted by molar-refractivity contribution is -0.870. The number of esters is 2. The molecule has 0 aliphatic heterocycles. The molecule has 9 nitrogen and oxygen atoms in total. The summed E-state index contributed by atoms with van der Waals surface area (Å²) in [6.07, 6.45) is 84.7. The van der Waals surface area contributed by atoms with E-state index in [9.17, 15) is 19.5 Å². The van der Waals surface area contributed by atoms with E-state index in [-0.39, 0.29) is 38.6 Å². The Morgan fingerprint density at radius 3 is 1.03 bits per heavy atom. The van der Waals surface area contributed by atoms with Crippen LogP contribution in [0.1, 0.15) is 206 Å². The lowest BCUT2D eigenvalue weighted by atomic mass is 10.0. The third-order valence-corrected chi connectivity index (χ3v) is 12.3. The molecule has 444 valence electrons. The number of allylic oxidation sites excluding steroid dienone is 26. The van der Waals surface area contributed by atoms with Crippen molar-refractivity contribution < 1.29 is 42.9 Å². The highest BCUT2D eigenvalue weighted by Gasteiger charge is 2.25. The summed E-state index contributed by atoms with van der Waals surface area (Å²) in [5, 5.41) is 9.71. The Kier molecular flexibility index (Phi) is 55.2. The number of hydrogen-bond donors (Lipinski definition) is 1. The lowest BCUT2D eigenvalue weighted by Crippen LogP contribution is -2.40. The normalized spacial score (nSPS) is 13.9. The van der Waals surface area contributed by atoms with Crippen LogP contribution in [-0.4, -0.2) is 87.4 Å². The molecule has 0 bridgehead atoms. The molecule has 0 rings (SSSR count). The molecule has 0 aliphatic carbocycles. The summed E-state index contributed by atoms with van der Waals surface area (Å²) < 4.78 is 22.8. The number of aliphatic carboxylic acids is 1. The van der Waals surface area contributed by atoms with Crippen molar-refractivity contribution in [3.63, 3.8) is 0 Å². The molecule has 0 aromatic heterocycles. The van der Waals surface area contributed by atoms with Crippen molar-refractivity contribution in [1.82, 2.24) is 0 Å². The third kappa shape index (κ3) is 60.4. The summed E-state index contributed by atoms with van der Waals surface area (Å²) in [6, 6.07) is 0. The van der Waals surface area contributed by atoms with Gasteiger partial charge in [0, 0.05) is 12.8 Å². The van der Waals surface area contributed by atoms with Crippen molar-refractivity contribution in [2.45, 2.75) is 219 Å². The van der Waals surface area contributed by atoms with Gasteiger partial charge in [0.2, 0.25) is 0 Å². The van der Waals surface area contributed by atoms with Crippen LogP contribution in [0.3, 0.4) is 0 Å². The Labute approximate surface area is 483 Å². The smallest absolute Gasteiger partial charge is 0.361 e. The quantitative estimate of drug-likeness (QED) is 0.0211. The fraction of sp³-hybridized carbons (Fsp3) is 0.586. The standard InChI is InChI=1S/C70H111NO8/c1-6-8-10-12-14-16-18-20-22-24-26-27-28-29-30-31-32-33-34-35-36-37-38-39-40-41-43-45-47-49-51-53-55-57-59-61-68(73)79-66(65-78-70(69(74)75)76-63-62-71(3,4)5)64-77-67(72)60-58-56-54-52-50-48-46-44-42-25-23-21-19-17-15-13-11-9-7-2/h8-11,14-17,20-23,26-27,29-30,32-33,35-36,38-39,42,44,48,50,66,70H,6-7,12-13,18-19,24-25,28,31,34,37,40-41,43,45-47,49,51-65H2,1-5H3/p+1/b10-8-,11-9-,16-14-,17-15-,22-20-,23-21-,27-26-,30-29-,33-32-,36-35-,39-38-,44-42-,50-48-. The van der Waals surface area contributed by atoms with Crippen molar-refractivity contribution in [3.8, 4) is 0 Å². The minimum absolute atomic E-state index is 0.172. The Morgan fingerprint density at radius 2 is 0.684 bits per heavy atom. The first-order valence-electron chi connectivity index (χ1n) is 30.6. The molecule has 0 amide bonds. The molecule has 0 fully saturated rings. The number of hydrogen-bond acceptors (Lipinski definition) is 7. The summed E-state index contributed by atoms with van der Waals surface area (Å²) >= 11 is 0. The van der Waals surface area contributed by atoms with Gasteiger partial charge in [0.25, 0.3) is 6.29 Å². The second-order valence-corrected chi connectivity index (χ2v) is 20.9. The second kappa shape index (κ2) is 59.0. The van der Waals surface area contributed by atoms with Crippen molar-refractivity contribution >= 4 is 17.9 Å². The molecule has 0 aromatic rings. The van der Waals surface area contributed by atoms with Crippen molar-refractivity contribution in [1.29, 1.82) is 0 Å². The number of nitrogens with zero attached hydrogens (tertiary/aromatic N) is 1. The highest BCUT2D eigenvalue weighted by molar-refractivity contribution is 5.71. The molecule has 79 heavy (non-hydrogen) atoms. The molecule has 0 saturated carbocycles. The molecule has 2 atom stereocenters. The van der Waals surface area contributed by atoms with Gasteiger partial charge in [0.1, 0.15) is 13.2 Å². The predicted molar refractivity (Wildman–Crippen MR) is 336 cm³/mol. The fourth-order valence-corrected chi connectivity index (χ4v) is 7.64. The van der Waals surface area contributed by atoms with E-state index in [0.717, 1.165) is 128 Å². The molecule has 0 heterocycles. The third-order valence-electron chi connectivity index (χ3n) is 12.3. The first kappa shape index (κ1) is 73.9. The van der Waals surface area contributed by atoms with Gasteiger partial charge >= 0.3 is 17.9 Å². The Balaban J connectivity index is 4.27. The van der Waals surface area contributed by atoms with Crippen molar-refractivity contribution in [2.24, 2.45) is 0 Å². The van der Waals surface area contributed by atoms with Crippen molar-refractivity contribution in [3.05, 3.63) is 158 Å². The molecule has 0 radical (unpaired) electrons. The van der Waals surface area contributed by atoms with Crippen LogP contribution in [0.15, 0.2) is 158 Å². The number of carboxylic acid groups (broad SMARTS) is 1. The first-order valence-corrected chi connectivity index (χ1v) is 30.6. The number of rotatable bonds is 54. The number of carboxylic acids is 1. The number of likely N-dealkylation sites (N-methyl/N-ethyl adjacent to an activating group) is 1. The van der Waals surface area contributed by atoms with Crippen LogP contribution >= 0.6 is 0 Å². The van der Waals surface area contributed by atoms with Crippen LogP contribution in [0, 0.1) is 0 Å². The highest BCUT2D eigenvalue weighted by Crippen LogP contribution is 2.14. The van der Waals surface area contributed by atoms with Crippen LogP contribution in [-0.2, 0) is 33.3 Å². The van der Waals surface area contributed by atoms with Gasteiger partial charge in [0.05, 0.1) is 34.4 Å². The largest absolute Gasteiger partial charge is 0.477 e. The highest BCUT2D eigenvalue weighted by atomic mass is 16.7. The van der Waals surface area contributed by atoms with E-state index in [2.05, 4.69) is 172 Å². The summed E-state index contributed by atoms with van der Waals surface area (Å²) in [5.41, 5.74) is 0. The van der Waals surface area contributed by atoms with Gasteiger partial charge in [-0.3, -0.25) is 9.59 Å². The fourth-order valence-electron chi connectivity index (χ4n) is 7.64. The van der Waals surface area contributed by atoms with Gasteiger partial charge in [-0.2, -0.15) is 0 Å². The molecule has 2 unspecified atom stereocenters. The Bertz CT molecular complexity index is 1850. The van der Waals surface area contributed by atoms with Gasteiger partial charge in [-0.25, -0.2) is 4.79 Å². The zero-order valence-corrected chi connectivity index (χ0v) is 50.5. The second-order valence-electron chi connectivity index (χ2n) is 20.9. The number of unbranched alkanes of at least 4 members (excludes halogenated alkanes) is 13.